The van der Waals surface area contributed by atoms with Crippen LogP contribution >= 0.6 is 0 Å². The van der Waals surface area contributed by atoms with Gasteiger partial charge in [0, 0.05) is 23.7 Å². The van der Waals surface area contributed by atoms with Crippen LogP contribution in [-0.4, -0.2) is 25.0 Å². The lowest BCUT2D eigenvalue weighted by molar-refractivity contribution is -0.300. The molecule has 4 aromatic carbocycles. The highest BCUT2D eigenvalue weighted by Crippen LogP contribution is 2.37. The molecule has 0 unspecified atom stereocenters. The van der Waals surface area contributed by atoms with E-state index >= 15 is 0 Å². The molecule has 0 spiro atoms. The fraction of sp³-hybridized carbons (Fsp3) is 0.342. The maximum atomic E-state index is 14.3. The fourth-order valence-electron chi connectivity index (χ4n) is 4.21. The van der Waals surface area contributed by atoms with Gasteiger partial charge in [0.05, 0.1) is 36.6 Å². The van der Waals surface area contributed by atoms with Crippen molar-refractivity contribution in [1.82, 2.24) is 0 Å². The van der Waals surface area contributed by atoms with Crippen LogP contribution in [0.1, 0.15) is 52.7 Å². The maximum Gasteiger partial charge on any atom is 0.360 e. The zero-order chi connectivity index (χ0) is 36.4. The minimum absolute atomic E-state index is 0.0456. The van der Waals surface area contributed by atoms with E-state index < -0.39 is 35.0 Å². The zero-order valence-electron chi connectivity index (χ0n) is 28.4. The summed E-state index contributed by atoms with van der Waals surface area (Å²) in [5.41, 5.74) is 0.0493. The Balaban J connectivity index is 0.000000267. The van der Waals surface area contributed by atoms with Gasteiger partial charge < -0.3 is 14.8 Å². The first kappa shape index (κ1) is 39.1. The molecule has 11 heteroatoms. The Morgan fingerprint density at radius 1 is 0.776 bits per heavy atom. The minimum Gasteiger partial charge on any atom is -0.376 e. The summed E-state index contributed by atoms with van der Waals surface area (Å²) in [6, 6.07) is 26.2. The molecule has 1 N–H and O–H groups in total. The molecule has 1 amide bonds. The SMILES string of the molecule is CC(=O)N(c1ccccc1)c1cc(COCC(C)(C)C(F)F)ccc1F.CC(C)(C)C(F)(F)OCc1ccc(F)c(Nc2ccccc2)c1. The van der Waals surface area contributed by atoms with Gasteiger partial charge >= 0.3 is 6.11 Å². The van der Waals surface area contributed by atoms with Crippen LogP contribution in [0.25, 0.3) is 0 Å². The second kappa shape index (κ2) is 16.8. The van der Waals surface area contributed by atoms with Gasteiger partial charge in [-0.3, -0.25) is 9.69 Å². The molecule has 4 aromatic rings. The Kier molecular flexibility index (Phi) is 13.4. The molecule has 0 aliphatic rings. The number of nitrogens with zero attached hydrogens (tertiary/aromatic N) is 1. The zero-order valence-corrected chi connectivity index (χ0v) is 28.4. The number of anilines is 4. The van der Waals surface area contributed by atoms with Crippen molar-refractivity contribution in [2.24, 2.45) is 10.8 Å². The van der Waals surface area contributed by atoms with Gasteiger partial charge in [-0.05, 0) is 59.7 Å². The summed E-state index contributed by atoms with van der Waals surface area (Å²) in [6.07, 6.45) is -5.77. The molecule has 264 valence electrons. The first-order chi connectivity index (χ1) is 22.9. The third-order valence-corrected chi connectivity index (χ3v) is 7.29. The molecular formula is C38H42F6N2O3. The molecule has 5 nitrogen and oxygen atoms in total. The van der Waals surface area contributed by atoms with Gasteiger partial charge in [0.15, 0.2) is 0 Å². The number of carbonyl (C=O) groups excluding carboxylic acids is 1. The molecule has 0 radical (unpaired) electrons. The number of amides is 1. The summed E-state index contributed by atoms with van der Waals surface area (Å²) >= 11 is 0. The Morgan fingerprint density at radius 3 is 1.88 bits per heavy atom. The Labute approximate surface area is 283 Å². The molecule has 0 heterocycles. The van der Waals surface area contributed by atoms with Gasteiger partial charge in [-0.25, -0.2) is 17.6 Å². The van der Waals surface area contributed by atoms with E-state index in [4.69, 9.17) is 9.47 Å². The highest BCUT2D eigenvalue weighted by atomic mass is 19.3. The average Bonchev–Trinajstić information content (AvgIpc) is 3.03. The van der Waals surface area contributed by atoms with E-state index in [0.717, 1.165) is 0 Å². The summed E-state index contributed by atoms with van der Waals surface area (Å²) in [5.74, 6) is -1.35. The molecule has 0 fully saturated rings. The number of carbonyl (C=O) groups is 1. The summed E-state index contributed by atoms with van der Waals surface area (Å²) in [6.45, 7) is 8.01. The topological polar surface area (TPSA) is 50.8 Å². The summed E-state index contributed by atoms with van der Waals surface area (Å²) in [7, 11) is 0. The number of alkyl halides is 4. The number of para-hydroxylation sites is 2. The molecule has 0 saturated carbocycles. The molecule has 0 atom stereocenters. The lowest BCUT2D eigenvalue weighted by atomic mass is 9.95. The van der Waals surface area contributed by atoms with Gasteiger partial charge in [-0.1, -0.05) is 83.1 Å². The molecule has 0 bridgehead atoms. The first-order valence-corrected chi connectivity index (χ1v) is 15.5. The van der Waals surface area contributed by atoms with E-state index in [1.54, 1.807) is 42.5 Å². The van der Waals surface area contributed by atoms with Crippen LogP contribution in [0.5, 0.6) is 0 Å². The van der Waals surface area contributed by atoms with Gasteiger partial charge in [0.1, 0.15) is 11.6 Å². The van der Waals surface area contributed by atoms with Crippen molar-refractivity contribution in [2.45, 2.75) is 67.3 Å². The van der Waals surface area contributed by atoms with Crippen LogP contribution in [0.15, 0.2) is 97.1 Å². The van der Waals surface area contributed by atoms with Crippen molar-refractivity contribution in [3.63, 3.8) is 0 Å². The Hall–Kier alpha value is -4.35. The monoisotopic (exact) mass is 688 g/mol. The van der Waals surface area contributed by atoms with Crippen molar-refractivity contribution in [2.75, 3.05) is 16.8 Å². The highest BCUT2D eigenvalue weighted by Gasteiger charge is 2.44. The number of hydrogen-bond acceptors (Lipinski definition) is 4. The number of nitrogens with one attached hydrogen (secondary N) is 1. The lowest BCUT2D eigenvalue weighted by Crippen LogP contribution is -2.36. The van der Waals surface area contributed by atoms with Gasteiger partial charge in [0.25, 0.3) is 0 Å². The Bertz CT molecular complexity index is 1640. The van der Waals surface area contributed by atoms with Crippen molar-refractivity contribution >= 4 is 28.7 Å². The molecule has 0 aliphatic heterocycles. The van der Waals surface area contributed by atoms with Crippen molar-refractivity contribution < 1.29 is 40.6 Å². The standard InChI is InChI=1S/C20H22F3NO2.C18H20F3NO/c1-14(25)24(16-7-5-4-6-8-16)18-11-15(9-10-17(18)21)12-26-13-20(2,3)19(22)23;1-17(2,3)18(20,21)23-12-13-9-10-15(19)16(11-13)22-14-7-5-4-6-8-14/h4-11,19H,12-13H2,1-3H3;4-11,22H,12H2,1-3H3. The molecule has 0 aliphatic carbocycles. The third-order valence-electron chi connectivity index (χ3n) is 7.29. The summed E-state index contributed by atoms with van der Waals surface area (Å²) in [5, 5.41) is 2.92. The van der Waals surface area contributed by atoms with Crippen molar-refractivity contribution in [3.8, 4) is 0 Å². The molecular weight excluding hydrogens is 646 g/mol. The van der Waals surface area contributed by atoms with E-state index in [1.165, 1.54) is 82.8 Å². The molecule has 0 saturated heterocycles. The van der Waals surface area contributed by atoms with E-state index in [0.29, 0.717) is 22.5 Å². The highest BCUT2D eigenvalue weighted by molar-refractivity contribution is 5.99. The van der Waals surface area contributed by atoms with Crippen molar-refractivity contribution in [1.29, 1.82) is 0 Å². The predicted octanol–water partition coefficient (Wildman–Crippen LogP) is 11.0. The second-order valence-corrected chi connectivity index (χ2v) is 13.1. The van der Waals surface area contributed by atoms with E-state index in [2.05, 4.69) is 5.32 Å². The van der Waals surface area contributed by atoms with Crippen LogP contribution in [0.4, 0.5) is 49.1 Å². The summed E-state index contributed by atoms with van der Waals surface area (Å²) < 4.78 is 91.7. The van der Waals surface area contributed by atoms with Crippen molar-refractivity contribution in [3.05, 3.63) is 120 Å². The van der Waals surface area contributed by atoms with E-state index in [-0.39, 0.29) is 37.1 Å². The largest absolute Gasteiger partial charge is 0.376 e. The quantitative estimate of drug-likeness (QED) is 0.151. The molecule has 4 rings (SSSR count). The normalized spacial score (nSPS) is 11.9. The lowest BCUT2D eigenvalue weighted by Gasteiger charge is -2.29. The fourth-order valence-corrected chi connectivity index (χ4v) is 4.21. The van der Waals surface area contributed by atoms with Crippen LogP contribution in [0.2, 0.25) is 0 Å². The van der Waals surface area contributed by atoms with Gasteiger partial charge in [-0.15, -0.1) is 0 Å². The smallest absolute Gasteiger partial charge is 0.360 e. The van der Waals surface area contributed by atoms with Gasteiger partial charge in [-0.2, -0.15) is 8.78 Å². The number of hydrogen-bond donors (Lipinski definition) is 1. The maximum absolute atomic E-state index is 14.3. The third kappa shape index (κ3) is 11.4. The number of halogens is 6. The van der Waals surface area contributed by atoms with E-state index in [1.807, 2.05) is 18.2 Å². The Morgan fingerprint density at radius 2 is 1.33 bits per heavy atom. The van der Waals surface area contributed by atoms with E-state index in [9.17, 15) is 31.1 Å². The van der Waals surface area contributed by atoms with Gasteiger partial charge in [0.2, 0.25) is 12.3 Å². The number of rotatable bonds is 12. The van der Waals surface area contributed by atoms with Crippen LogP contribution < -0.4 is 10.2 Å². The second-order valence-electron chi connectivity index (χ2n) is 13.1. The molecule has 49 heavy (non-hydrogen) atoms. The van der Waals surface area contributed by atoms with Crippen LogP contribution in [0, 0.1) is 22.5 Å². The predicted molar refractivity (Wildman–Crippen MR) is 180 cm³/mol. The molecule has 0 aromatic heterocycles. The average molecular weight is 689 g/mol. The van der Waals surface area contributed by atoms with Crippen LogP contribution in [0.3, 0.4) is 0 Å². The number of ether oxygens (including phenoxy) is 2. The first-order valence-electron chi connectivity index (χ1n) is 15.5. The number of benzene rings is 4. The van der Waals surface area contributed by atoms with Crippen LogP contribution in [-0.2, 0) is 27.5 Å². The minimum atomic E-state index is -3.27. The summed E-state index contributed by atoms with van der Waals surface area (Å²) in [4.78, 5) is 13.3.